The van der Waals surface area contributed by atoms with Gasteiger partial charge in [0.15, 0.2) is 15.0 Å². The lowest BCUT2D eigenvalue weighted by Gasteiger charge is -2.19. The summed E-state index contributed by atoms with van der Waals surface area (Å²) in [6, 6.07) is 15.9. The largest absolute Gasteiger partial charge is 0.282 e. The molecule has 0 aliphatic rings. The van der Waals surface area contributed by atoms with E-state index in [4.69, 9.17) is 0 Å². The van der Waals surface area contributed by atoms with Crippen LogP contribution >= 0.6 is 11.3 Å². The van der Waals surface area contributed by atoms with E-state index in [9.17, 15) is 23.3 Å². The first kappa shape index (κ1) is 22.5. The number of nitro benzene ring substituents is 1. The number of anilines is 1. The van der Waals surface area contributed by atoms with Gasteiger partial charge in [-0.15, -0.1) is 0 Å². The molecule has 11 heteroatoms. The maximum Gasteiger partial charge on any atom is 0.270 e. The van der Waals surface area contributed by atoms with Gasteiger partial charge in [0.2, 0.25) is 5.91 Å². The molecule has 0 saturated carbocycles. The number of non-ortho nitro benzene ring substituents is 1. The molecule has 0 aliphatic heterocycles. The third kappa shape index (κ3) is 5.21. The number of hydrogen-bond donors (Lipinski definition) is 0. The zero-order valence-corrected chi connectivity index (χ0v) is 19.0. The smallest absolute Gasteiger partial charge is 0.270 e. The Bertz CT molecular complexity index is 1430. The first-order valence-corrected chi connectivity index (χ1v) is 12.5. The summed E-state index contributed by atoms with van der Waals surface area (Å²) < 4.78 is 24.0. The summed E-state index contributed by atoms with van der Waals surface area (Å²) in [6.45, 7) is 0.170. The molecule has 9 nitrogen and oxygen atoms in total. The van der Waals surface area contributed by atoms with Crippen LogP contribution in [0.25, 0.3) is 10.2 Å². The van der Waals surface area contributed by atoms with Crippen LogP contribution in [-0.4, -0.2) is 35.5 Å². The Kier molecular flexibility index (Phi) is 6.16. The Morgan fingerprint density at radius 1 is 1.12 bits per heavy atom. The number of carbonyl (C=O) groups excluding carboxylic acids is 1. The normalized spacial score (nSPS) is 11.4. The van der Waals surface area contributed by atoms with Gasteiger partial charge in [-0.3, -0.25) is 24.8 Å². The van der Waals surface area contributed by atoms with Crippen molar-refractivity contribution in [2.24, 2.45) is 0 Å². The molecule has 0 bridgehead atoms. The molecule has 2 heterocycles. The van der Waals surface area contributed by atoms with E-state index in [-0.39, 0.29) is 29.5 Å². The predicted molar refractivity (Wildman–Crippen MR) is 125 cm³/mol. The van der Waals surface area contributed by atoms with Crippen LogP contribution < -0.4 is 4.90 Å². The lowest BCUT2D eigenvalue weighted by atomic mass is 10.1. The quantitative estimate of drug-likeness (QED) is 0.290. The SMILES string of the molecule is CS(=O)(=O)c1ccc(CC(=O)N(Cc2ccccn2)c2nc3ccc([N+](=O)[O-])cc3s2)cc1. The van der Waals surface area contributed by atoms with Gasteiger partial charge in [0.1, 0.15) is 0 Å². The number of rotatable bonds is 7. The van der Waals surface area contributed by atoms with Crippen LogP contribution in [-0.2, 0) is 27.6 Å². The van der Waals surface area contributed by atoms with Gasteiger partial charge < -0.3 is 0 Å². The second-order valence-corrected chi connectivity index (χ2v) is 10.3. The minimum atomic E-state index is -3.33. The van der Waals surface area contributed by atoms with Crippen LogP contribution in [0, 0.1) is 10.1 Å². The first-order chi connectivity index (χ1) is 15.7. The number of amides is 1. The fraction of sp³-hybridized carbons (Fsp3) is 0.136. The summed E-state index contributed by atoms with van der Waals surface area (Å²) in [5.41, 5.74) is 1.81. The van der Waals surface area contributed by atoms with Crippen LogP contribution in [0.2, 0.25) is 0 Å². The number of sulfone groups is 1. The van der Waals surface area contributed by atoms with E-state index in [0.717, 1.165) is 6.26 Å². The Hall–Kier alpha value is -3.70. The van der Waals surface area contributed by atoms with Gasteiger partial charge in [-0.05, 0) is 35.9 Å². The first-order valence-electron chi connectivity index (χ1n) is 9.75. The fourth-order valence-corrected chi connectivity index (χ4v) is 4.82. The summed E-state index contributed by atoms with van der Waals surface area (Å²) in [7, 11) is -3.33. The van der Waals surface area contributed by atoms with E-state index in [0.29, 0.717) is 26.6 Å². The van der Waals surface area contributed by atoms with E-state index in [1.54, 1.807) is 36.5 Å². The van der Waals surface area contributed by atoms with E-state index in [1.807, 2.05) is 6.07 Å². The fourth-order valence-electron chi connectivity index (χ4n) is 3.17. The number of aromatic nitrogens is 2. The van der Waals surface area contributed by atoms with E-state index in [1.165, 1.54) is 40.5 Å². The second kappa shape index (κ2) is 9.04. The van der Waals surface area contributed by atoms with Crippen molar-refractivity contribution in [2.45, 2.75) is 17.9 Å². The molecule has 0 radical (unpaired) electrons. The third-order valence-electron chi connectivity index (χ3n) is 4.86. The second-order valence-electron chi connectivity index (χ2n) is 7.30. The molecule has 0 aliphatic carbocycles. The Balaban J connectivity index is 1.66. The molecule has 0 atom stereocenters. The van der Waals surface area contributed by atoms with Crippen LogP contribution in [0.4, 0.5) is 10.8 Å². The third-order valence-corrected chi connectivity index (χ3v) is 7.03. The number of thiazole rings is 1. The van der Waals surface area contributed by atoms with Gasteiger partial charge >= 0.3 is 0 Å². The number of benzene rings is 2. The van der Waals surface area contributed by atoms with Crippen molar-refractivity contribution in [3.05, 3.63) is 88.2 Å². The summed E-state index contributed by atoms with van der Waals surface area (Å²) in [6.07, 6.45) is 2.77. The summed E-state index contributed by atoms with van der Waals surface area (Å²) in [5, 5.41) is 11.5. The highest BCUT2D eigenvalue weighted by Gasteiger charge is 2.22. The monoisotopic (exact) mass is 482 g/mol. The van der Waals surface area contributed by atoms with Crippen molar-refractivity contribution in [1.82, 2.24) is 9.97 Å². The van der Waals surface area contributed by atoms with E-state index < -0.39 is 14.8 Å². The number of nitro groups is 1. The van der Waals surface area contributed by atoms with Gasteiger partial charge in [-0.1, -0.05) is 29.5 Å². The molecular weight excluding hydrogens is 464 g/mol. The lowest BCUT2D eigenvalue weighted by Crippen LogP contribution is -2.32. The average molecular weight is 483 g/mol. The summed E-state index contributed by atoms with van der Waals surface area (Å²) in [5.74, 6) is -0.263. The molecule has 0 N–H and O–H groups in total. The molecular formula is C22H18N4O5S2. The average Bonchev–Trinajstić information content (AvgIpc) is 3.20. The highest BCUT2D eigenvalue weighted by Crippen LogP contribution is 2.32. The molecule has 4 rings (SSSR count). The van der Waals surface area contributed by atoms with Gasteiger partial charge in [0.25, 0.3) is 5.69 Å². The molecule has 4 aromatic rings. The van der Waals surface area contributed by atoms with Crippen LogP contribution in [0.3, 0.4) is 0 Å². The number of hydrogen-bond acceptors (Lipinski definition) is 8. The van der Waals surface area contributed by atoms with Gasteiger partial charge in [-0.25, -0.2) is 13.4 Å². The highest BCUT2D eigenvalue weighted by molar-refractivity contribution is 7.90. The molecule has 1 amide bonds. The van der Waals surface area contributed by atoms with E-state index in [2.05, 4.69) is 9.97 Å². The van der Waals surface area contributed by atoms with Gasteiger partial charge in [0.05, 0.1) is 38.7 Å². The van der Waals surface area contributed by atoms with Gasteiger partial charge in [0, 0.05) is 24.6 Å². The summed E-state index contributed by atoms with van der Waals surface area (Å²) in [4.78, 5) is 34.4. The lowest BCUT2D eigenvalue weighted by molar-refractivity contribution is -0.384. The molecule has 0 fully saturated rings. The minimum absolute atomic E-state index is 0.0208. The molecule has 0 spiro atoms. The molecule has 2 aromatic heterocycles. The molecule has 33 heavy (non-hydrogen) atoms. The molecule has 0 unspecified atom stereocenters. The van der Waals surface area contributed by atoms with Crippen LogP contribution in [0.15, 0.2) is 71.8 Å². The highest BCUT2D eigenvalue weighted by atomic mass is 32.2. The molecule has 168 valence electrons. The standard InChI is InChI=1S/C22H18N4O5S2/c1-33(30,31)18-8-5-15(6-9-18)12-21(27)25(14-16-4-2-3-11-23-16)22-24-19-10-7-17(26(28)29)13-20(19)32-22/h2-11,13H,12,14H2,1H3. The Morgan fingerprint density at radius 3 is 2.52 bits per heavy atom. The number of nitrogens with zero attached hydrogens (tertiary/aromatic N) is 4. The molecule has 0 saturated heterocycles. The zero-order chi connectivity index (χ0) is 23.6. The van der Waals surface area contributed by atoms with Crippen molar-refractivity contribution >= 4 is 48.1 Å². The topological polar surface area (TPSA) is 123 Å². The Labute approximate surface area is 193 Å². The molecule has 2 aromatic carbocycles. The van der Waals surface area contributed by atoms with Crippen molar-refractivity contribution in [3.63, 3.8) is 0 Å². The predicted octanol–water partition coefficient (Wildman–Crippen LogP) is 3.78. The van der Waals surface area contributed by atoms with Crippen molar-refractivity contribution in [2.75, 3.05) is 11.2 Å². The maximum absolute atomic E-state index is 13.3. The Morgan fingerprint density at radius 2 is 1.88 bits per heavy atom. The maximum atomic E-state index is 13.3. The van der Waals surface area contributed by atoms with E-state index >= 15 is 0 Å². The van der Waals surface area contributed by atoms with Crippen molar-refractivity contribution < 1.29 is 18.1 Å². The van der Waals surface area contributed by atoms with Crippen LogP contribution in [0.1, 0.15) is 11.3 Å². The number of pyridine rings is 1. The number of fused-ring (bicyclic) bond motifs is 1. The summed E-state index contributed by atoms with van der Waals surface area (Å²) >= 11 is 1.18. The van der Waals surface area contributed by atoms with Crippen molar-refractivity contribution in [1.29, 1.82) is 0 Å². The minimum Gasteiger partial charge on any atom is -0.282 e. The zero-order valence-electron chi connectivity index (χ0n) is 17.4. The van der Waals surface area contributed by atoms with Gasteiger partial charge in [-0.2, -0.15) is 0 Å². The van der Waals surface area contributed by atoms with Crippen LogP contribution in [0.5, 0.6) is 0 Å². The van der Waals surface area contributed by atoms with Crippen molar-refractivity contribution in [3.8, 4) is 0 Å². The number of carbonyl (C=O) groups is 1.